The zero-order valence-electron chi connectivity index (χ0n) is 21.3. The van der Waals surface area contributed by atoms with E-state index >= 15 is 0 Å². The topological polar surface area (TPSA) is 128 Å². The van der Waals surface area contributed by atoms with Gasteiger partial charge in [0.25, 0.3) is 0 Å². The number of benzene rings is 2. The Morgan fingerprint density at radius 3 is 2.38 bits per heavy atom. The van der Waals surface area contributed by atoms with E-state index in [1.807, 2.05) is 0 Å². The van der Waals surface area contributed by atoms with Crippen molar-refractivity contribution in [2.45, 2.75) is 19.8 Å². The van der Waals surface area contributed by atoms with Crippen molar-refractivity contribution >= 4 is 56.1 Å². The van der Waals surface area contributed by atoms with Gasteiger partial charge in [-0.25, -0.2) is 14.6 Å². The van der Waals surface area contributed by atoms with E-state index in [1.54, 1.807) is 62.4 Å². The van der Waals surface area contributed by atoms with E-state index in [0.717, 1.165) is 4.47 Å². The molecule has 0 bridgehead atoms. The summed E-state index contributed by atoms with van der Waals surface area (Å²) in [6.45, 7) is 3.34. The summed E-state index contributed by atoms with van der Waals surface area (Å²) >= 11 is 10.1. The number of esters is 2. The second kappa shape index (κ2) is 11.8. The number of aromatic nitrogens is 1. The molecule has 200 valence electrons. The number of anilines is 1. The van der Waals surface area contributed by atoms with Gasteiger partial charge >= 0.3 is 11.9 Å². The molecule has 11 heteroatoms. The molecule has 1 aliphatic rings. The number of allylic oxidation sites excluding steroid dienone is 1. The molecule has 0 aliphatic carbocycles. The Morgan fingerprint density at radius 2 is 1.77 bits per heavy atom. The molecule has 0 amide bonds. The number of hydrogen-bond acceptors (Lipinski definition) is 9. The Hall–Kier alpha value is -4.07. The zero-order valence-corrected chi connectivity index (χ0v) is 23.7. The number of carbonyl (C=O) groups is 2. The van der Waals surface area contributed by atoms with Crippen LogP contribution in [0.15, 0.2) is 75.7 Å². The maximum Gasteiger partial charge on any atom is 0.355 e. The average Bonchev–Trinajstić information content (AvgIpc) is 2.92. The van der Waals surface area contributed by atoms with E-state index in [9.17, 15) is 14.9 Å². The van der Waals surface area contributed by atoms with Gasteiger partial charge in [0.05, 0.1) is 49.0 Å². The third-order valence-corrected chi connectivity index (χ3v) is 6.89. The lowest BCUT2D eigenvalue weighted by molar-refractivity contribution is -0.142. The van der Waals surface area contributed by atoms with Crippen molar-refractivity contribution in [1.82, 2.24) is 4.98 Å². The van der Waals surface area contributed by atoms with E-state index in [0.29, 0.717) is 27.9 Å². The van der Waals surface area contributed by atoms with Gasteiger partial charge in [-0.1, -0.05) is 27.5 Å². The van der Waals surface area contributed by atoms with Crippen molar-refractivity contribution < 1.29 is 23.8 Å². The van der Waals surface area contributed by atoms with Crippen LogP contribution in [0.25, 0.3) is 10.9 Å². The fourth-order valence-electron chi connectivity index (χ4n) is 4.37. The van der Waals surface area contributed by atoms with Crippen molar-refractivity contribution in [3.63, 3.8) is 0 Å². The van der Waals surface area contributed by atoms with Crippen LogP contribution in [0, 0.1) is 11.3 Å². The molecule has 2 heterocycles. The van der Waals surface area contributed by atoms with Gasteiger partial charge in [0.15, 0.2) is 0 Å². The van der Waals surface area contributed by atoms with Crippen molar-refractivity contribution in [2.75, 3.05) is 25.2 Å². The summed E-state index contributed by atoms with van der Waals surface area (Å²) in [5, 5.41) is 11.0. The Kier molecular flexibility index (Phi) is 8.43. The molecule has 1 unspecified atom stereocenters. The van der Waals surface area contributed by atoms with Gasteiger partial charge < -0.3 is 19.9 Å². The van der Waals surface area contributed by atoms with Crippen molar-refractivity contribution in [2.24, 2.45) is 5.73 Å². The Bertz CT molecular complexity index is 1560. The van der Waals surface area contributed by atoms with Gasteiger partial charge in [-0.3, -0.25) is 4.90 Å². The van der Waals surface area contributed by atoms with Crippen LogP contribution in [-0.4, -0.2) is 37.2 Å². The highest BCUT2D eigenvalue weighted by Gasteiger charge is 2.44. The number of pyridine rings is 1. The van der Waals surface area contributed by atoms with E-state index in [1.165, 1.54) is 12.0 Å². The molecule has 39 heavy (non-hydrogen) atoms. The third kappa shape index (κ3) is 5.28. The standard InChI is InChI=1S/C28H24BrClN4O5/c1-4-38-27(35)23-22(19-12-15-6-11-18(37-3)13-21(15)33-25(19)30)20(14-31)26(32)34(24(23)28(36)39-5-2)17-9-7-16(29)8-10-17/h6-13,22H,4-5,32H2,1-3H3. The lowest BCUT2D eigenvalue weighted by Crippen LogP contribution is -2.41. The second-order valence-electron chi connectivity index (χ2n) is 8.29. The molecule has 0 radical (unpaired) electrons. The van der Waals surface area contributed by atoms with Crippen LogP contribution < -0.4 is 15.4 Å². The number of halogens is 2. The summed E-state index contributed by atoms with van der Waals surface area (Å²) in [5.41, 5.74) is 7.54. The monoisotopic (exact) mass is 610 g/mol. The normalized spacial score (nSPS) is 15.3. The molecule has 2 N–H and O–H groups in total. The van der Waals surface area contributed by atoms with Gasteiger partial charge in [-0.05, 0) is 56.3 Å². The highest BCUT2D eigenvalue weighted by atomic mass is 79.9. The first-order valence-electron chi connectivity index (χ1n) is 11.9. The van der Waals surface area contributed by atoms with Crippen LogP contribution in [0.1, 0.15) is 25.3 Å². The molecular weight excluding hydrogens is 588 g/mol. The number of nitrogens with zero attached hydrogens (tertiary/aromatic N) is 3. The summed E-state index contributed by atoms with van der Waals surface area (Å²) in [6, 6.07) is 15.9. The molecule has 3 aromatic rings. The summed E-state index contributed by atoms with van der Waals surface area (Å²) in [4.78, 5) is 32.9. The maximum atomic E-state index is 13.6. The van der Waals surface area contributed by atoms with E-state index in [2.05, 4.69) is 27.0 Å². The summed E-state index contributed by atoms with van der Waals surface area (Å²) < 4.78 is 16.8. The first-order valence-corrected chi connectivity index (χ1v) is 13.1. The largest absolute Gasteiger partial charge is 0.497 e. The molecule has 1 aliphatic heterocycles. The SMILES string of the molecule is CCOC(=O)C1=C(C(=O)OCC)N(c2ccc(Br)cc2)C(N)=C(C#N)C1c1cc2ccc(OC)cc2nc1Cl. The molecule has 1 aromatic heterocycles. The average molecular weight is 612 g/mol. The molecular formula is C28H24BrClN4O5. The van der Waals surface area contributed by atoms with Crippen molar-refractivity contribution in [3.8, 4) is 11.8 Å². The van der Waals surface area contributed by atoms with Crippen LogP contribution in [0.4, 0.5) is 5.69 Å². The molecule has 0 saturated heterocycles. The van der Waals surface area contributed by atoms with Gasteiger partial charge in [0, 0.05) is 27.2 Å². The van der Waals surface area contributed by atoms with Gasteiger partial charge in [-0.15, -0.1) is 0 Å². The number of ether oxygens (including phenoxy) is 3. The predicted octanol–water partition coefficient (Wildman–Crippen LogP) is 5.34. The van der Waals surface area contributed by atoms with Crippen molar-refractivity contribution in [1.29, 1.82) is 5.26 Å². The second-order valence-corrected chi connectivity index (χ2v) is 9.56. The number of methoxy groups -OCH3 is 1. The lowest BCUT2D eigenvalue weighted by atomic mass is 9.81. The van der Waals surface area contributed by atoms with E-state index < -0.39 is 17.9 Å². The Morgan fingerprint density at radius 1 is 1.10 bits per heavy atom. The van der Waals surface area contributed by atoms with Crippen molar-refractivity contribution in [3.05, 3.63) is 86.4 Å². The summed E-state index contributed by atoms with van der Waals surface area (Å²) in [5.74, 6) is -2.28. The number of nitriles is 1. The molecule has 4 rings (SSSR count). The number of carbonyl (C=O) groups excluding carboxylic acids is 2. The Balaban J connectivity index is 2.08. The summed E-state index contributed by atoms with van der Waals surface area (Å²) in [6.07, 6.45) is 0. The number of rotatable bonds is 7. The summed E-state index contributed by atoms with van der Waals surface area (Å²) in [7, 11) is 1.54. The van der Waals surface area contributed by atoms with E-state index in [4.69, 9.17) is 31.5 Å². The van der Waals surface area contributed by atoms with Crippen LogP contribution in [0.3, 0.4) is 0 Å². The highest BCUT2D eigenvalue weighted by Crippen LogP contribution is 2.45. The van der Waals surface area contributed by atoms with Crippen LogP contribution in [0.2, 0.25) is 5.15 Å². The highest BCUT2D eigenvalue weighted by molar-refractivity contribution is 9.10. The van der Waals surface area contributed by atoms with Crippen LogP contribution in [-0.2, 0) is 19.1 Å². The number of nitrogens with two attached hydrogens (primary N) is 1. The quantitative estimate of drug-likeness (QED) is 0.278. The third-order valence-electron chi connectivity index (χ3n) is 6.06. The molecule has 0 fully saturated rings. The molecule has 9 nitrogen and oxygen atoms in total. The Labute approximate surface area is 238 Å². The number of fused-ring (bicyclic) bond motifs is 1. The zero-order chi connectivity index (χ0) is 28.3. The number of hydrogen-bond donors (Lipinski definition) is 1. The molecule has 0 spiro atoms. The van der Waals surface area contributed by atoms with E-state index in [-0.39, 0.29) is 41.0 Å². The lowest BCUT2D eigenvalue weighted by Gasteiger charge is -2.36. The first-order chi connectivity index (χ1) is 18.7. The minimum absolute atomic E-state index is 0.00872. The molecule has 1 atom stereocenters. The van der Waals surface area contributed by atoms with Gasteiger partial charge in [0.2, 0.25) is 0 Å². The molecule has 2 aromatic carbocycles. The van der Waals surface area contributed by atoms with Gasteiger partial charge in [-0.2, -0.15) is 5.26 Å². The van der Waals surface area contributed by atoms with Crippen LogP contribution in [0.5, 0.6) is 5.75 Å². The van der Waals surface area contributed by atoms with Gasteiger partial charge in [0.1, 0.15) is 22.4 Å². The predicted molar refractivity (Wildman–Crippen MR) is 150 cm³/mol. The minimum atomic E-state index is -1.16. The first kappa shape index (κ1) is 28.0. The molecule has 0 saturated carbocycles. The minimum Gasteiger partial charge on any atom is -0.497 e. The van der Waals surface area contributed by atoms with Crippen LogP contribution >= 0.6 is 27.5 Å². The fraction of sp³-hybridized carbons (Fsp3) is 0.214. The fourth-order valence-corrected chi connectivity index (χ4v) is 4.89. The smallest absolute Gasteiger partial charge is 0.355 e. The maximum absolute atomic E-state index is 13.6.